The van der Waals surface area contributed by atoms with Gasteiger partial charge in [0.1, 0.15) is 11.4 Å². The number of amides is 2. The molecular weight excluding hydrogens is 892 g/mol. The van der Waals surface area contributed by atoms with E-state index in [2.05, 4.69) is 39.6 Å². The number of nitrogens with one attached hydrogen (secondary N) is 3. The van der Waals surface area contributed by atoms with Crippen LogP contribution in [-0.4, -0.2) is 112 Å². The summed E-state index contributed by atoms with van der Waals surface area (Å²) in [6.45, 7) is -1.51. The van der Waals surface area contributed by atoms with E-state index in [-0.39, 0.29) is 32.5 Å². The standard InChI is InChI=1S/C27H29ClN6O18S5/c28-7-10-55(42,43)18-4-1-16(2-5-18)25(33-31-21-13-17(53-52-51-39)3-6-20(21)26(36)37)34-32-23-15-19(56(44,45)46)14-22(24(23)35)30-27(38)29-8-11-54(40,41)12-9-50-57(47,48)49/h1-6,13-15,32,35,39H,7-12H2,(H,36,37)(H2,29,30,38)(H,44,45,46)(H,47,48,49). The zero-order chi connectivity index (χ0) is 42.6. The fraction of sp³-hybridized carbons (Fsp3) is 0.222. The van der Waals surface area contributed by atoms with Crippen molar-refractivity contribution in [3.05, 3.63) is 65.7 Å². The van der Waals surface area contributed by atoms with Gasteiger partial charge in [-0.1, -0.05) is 5.04 Å². The number of halogens is 1. The molecule has 57 heavy (non-hydrogen) atoms. The number of phenolic OH excluding ortho intramolecular Hbond substituents is 1. The van der Waals surface area contributed by atoms with Gasteiger partial charge < -0.3 is 20.8 Å². The first-order chi connectivity index (χ1) is 26.5. The number of benzene rings is 3. The predicted octanol–water partition coefficient (Wildman–Crippen LogP) is 2.69. The Morgan fingerprint density at radius 1 is 0.860 bits per heavy atom. The van der Waals surface area contributed by atoms with E-state index in [1.165, 1.54) is 18.2 Å². The van der Waals surface area contributed by atoms with Crippen LogP contribution in [0, 0.1) is 0 Å². The molecule has 312 valence electrons. The Hall–Kier alpha value is -4.53. The zero-order valence-electron chi connectivity index (χ0n) is 28.2. The van der Waals surface area contributed by atoms with Crippen LogP contribution in [0.1, 0.15) is 15.9 Å². The molecule has 24 nitrogen and oxygen atoms in total. The van der Waals surface area contributed by atoms with Gasteiger partial charge in [0, 0.05) is 22.9 Å². The summed E-state index contributed by atoms with van der Waals surface area (Å²) in [5, 5.41) is 48.6. The number of carbonyl (C=O) groups excluding carboxylic acids is 1. The molecule has 0 spiro atoms. The average molecular weight is 921 g/mol. The summed E-state index contributed by atoms with van der Waals surface area (Å²) in [5.41, 5.74) is 0.265. The second-order valence-corrected chi connectivity index (χ2v) is 18.7. The van der Waals surface area contributed by atoms with Crippen LogP contribution < -0.4 is 16.1 Å². The molecule has 3 aromatic rings. The van der Waals surface area contributed by atoms with Gasteiger partial charge in [0.05, 0.1) is 57.0 Å². The van der Waals surface area contributed by atoms with E-state index in [1.807, 2.05) is 5.32 Å². The van der Waals surface area contributed by atoms with Crippen LogP contribution in [0.4, 0.5) is 21.9 Å². The van der Waals surface area contributed by atoms with Gasteiger partial charge in [-0.2, -0.15) is 21.9 Å². The maximum Gasteiger partial charge on any atom is 0.397 e. The van der Waals surface area contributed by atoms with E-state index < -0.39 is 110 Å². The third-order valence-corrected chi connectivity index (χ3v) is 12.3. The summed E-state index contributed by atoms with van der Waals surface area (Å²) in [6, 6.07) is 8.35. The number of carboxylic acid groups (broad SMARTS) is 1. The number of rotatable bonds is 20. The number of sulfone groups is 2. The van der Waals surface area contributed by atoms with Crippen molar-refractivity contribution in [3.8, 4) is 5.75 Å². The second-order valence-electron chi connectivity index (χ2n) is 10.6. The van der Waals surface area contributed by atoms with Crippen LogP contribution in [0.5, 0.6) is 5.75 Å². The first-order valence-electron chi connectivity index (χ1n) is 14.9. The maximum absolute atomic E-state index is 12.6. The largest absolute Gasteiger partial charge is 0.504 e. The van der Waals surface area contributed by atoms with Crippen LogP contribution in [0.2, 0.25) is 0 Å². The fourth-order valence-corrected chi connectivity index (χ4v) is 7.94. The highest BCUT2D eigenvalue weighted by Crippen LogP contribution is 2.36. The summed E-state index contributed by atoms with van der Waals surface area (Å²) < 4.78 is 121. The highest BCUT2D eigenvalue weighted by Gasteiger charge is 2.21. The van der Waals surface area contributed by atoms with Crippen molar-refractivity contribution in [1.29, 1.82) is 0 Å². The molecule has 0 fully saturated rings. The molecule has 0 aliphatic carbocycles. The van der Waals surface area contributed by atoms with Crippen molar-refractivity contribution in [2.24, 2.45) is 15.3 Å². The Morgan fingerprint density at radius 3 is 2.12 bits per heavy atom. The third kappa shape index (κ3) is 15.1. The lowest BCUT2D eigenvalue weighted by molar-refractivity contribution is -0.432. The zero-order valence-corrected chi connectivity index (χ0v) is 33.1. The number of hydrogen-bond acceptors (Lipinski definition) is 19. The Balaban J connectivity index is 2.02. The van der Waals surface area contributed by atoms with Crippen molar-refractivity contribution in [1.82, 2.24) is 5.32 Å². The minimum atomic E-state index is -5.06. The summed E-state index contributed by atoms with van der Waals surface area (Å²) in [7, 11) is -17.8. The quantitative estimate of drug-likeness (QED) is 0.00929. The lowest BCUT2D eigenvalue weighted by atomic mass is 10.2. The van der Waals surface area contributed by atoms with Crippen molar-refractivity contribution in [2.45, 2.75) is 14.7 Å². The minimum Gasteiger partial charge on any atom is -0.504 e. The van der Waals surface area contributed by atoms with Crippen LogP contribution >= 0.6 is 23.6 Å². The molecule has 0 radical (unpaired) electrons. The number of aromatic hydroxyl groups is 1. The monoisotopic (exact) mass is 920 g/mol. The van der Waals surface area contributed by atoms with Crippen molar-refractivity contribution in [3.63, 3.8) is 0 Å². The molecule has 3 aromatic carbocycles. The van der Waals surface area contributed by atoms with Gasteiger partial charge in [0.15, 0.2) is 25.4 Å². The predicted molar refractivity (Wildman–Crippen MR) is 199 cm³/mol. The van der Waals surface area contributed by atoms with Gasteiger partial charge in [0.25, 0.3) is 10.1 Å². The van der Waals surface area contributed by atoms with E-state index >= 15 is 0 Å². The molecule has 30 heteroatoms. The number of carbonyl (C=O) groups is 2. The molecule has 0 unspecified atom stereocenters. The number of urea groups is 1. The molecule has 0 atom stereocenters. The fourth-order valence-electron chi connectivity index (χ4n) is 4.06. The molecule has 0 aliphatic rings. The molecular formula is C27H29ClN6O18S5. The molecule has 0 bridgehead atoms. The van der Waals surface area contributed by atoms with Gasteiger partial charge in [-0.25, -0.2) is 35.9 Å². The minimum absolute atomic E-state index is 0.00172. The number of carboxylic acids is 1. The smallest absolute Gasteiger partial charge is 0.397 e. The molecule has 0 saturated carbocycles. The van der Waals surface area contributed by atoms with Crippen LogP contribution in [0.25, 0.3) is 0 Å². The topological polar surface area (TPSA) is 373 Å². The number of hydrogen-bond donors (Lipinski definition) is 8. The lowest BCUT2D eigenvalue weighted by Crippen LogP contribution is -2.33. The first-order valence-corrected chi connectivity index (χ1v) is 22.5. The second kappa shape index (κ2) is 20.2. The van der Waals surface area contributed by atoms with E-state index in [4.69, 9.17) is 21.4 Å². The molecule has 0 aromatic heterocycles. The normalized spacial score (nSPS) is 12.7. The maximum atomic E-state index is 12.6. The molecule has 0 heterocycles. The van der Waals surface area contributed by atoms with E-state index in [1.54, 1.807) is 0 Å². The number of anilines is 2. The summed E-state index contributed by atoms with van der Waals surface area (Å²) in [6.07, 6.45) is 0. The van der Waals surface area contributed by atoms with Gasteiger partial charge >= 0.3 is 22.4 Å². The molecule has 3 rings (SSSR count). The van der Waals surface area contributed by atoms with E-state index in [9.17, 15) is 58.0 Å². The van der Waals surface area contributed by atoms with Crippen LogP contribution in [0.3, 0.4) is 0 Å². The number of hydrazone groups is 1. The Morgan fingerprint density at radius 2 is 1.53 bits per heavy atom. The van der Waals surface area contributed by atoms with Crippen molar-refractivity contribution < 1.29 is 81.4 Å². The number of aromatic carboxylic acids is 1. The molecule has 2 amide bonds. The third-order valence-electron chi connectivity index (χ3n) is 6.67. The first kappa shape index (κ1) is 46.8. The lowest BCUT2D eigenvalue weighted by Gasteiger charge is -2.14. The molecule has 0 aliphatic heterocycles. The summed E-state index contributed by atoms with van der Waals surface area (Å²) in [5.74, 6) is -5.06. The number of phenols is 1. The van der Waals surface area contributed by atoms with E-state index in [0.29, 0.717) is 24.2 Å². The number of nitrogens with zero attached hydrogens (tertiary/aromatic N) is 3. The molecule has 8 N–H and O–H groups in total. The van der Waals surface area contributed by atoms with Gasteiger partial charge in [-0.05, 0) is 54.6 Å². The Labute approximate surface area is 332 Å². The summed E-state index contributed by atoms with van der Waals surface area (Å²) in [4.78, 5) is 23.5. The number of alkyl halides is 1. The number of amidine groups is 1. The van der Waals surface area contributed by atoms with Gasteiger partial charge in [-0.15, -0.1) is 26.2 Å². The Bertz CT molecular complexity index is 2470. The Kier molecular flexibility index (Phi) is 16.6. The summed E-state index contributed by atoms with van der Waals surface area (Å²) >= 11 is 6.05. The SMILES string of the molecule is O=C(NCCS(=O)(=O)CCOS(=O)(=O)O)Nc1cc(S(=O)(=O)O)cc(NN=C(N=Nc2cc(SOOO)ccc2C(=O)O)c2ccc(S(=O)(=O)CCCl)cc2)c1O. The van der Waals surface area contributed by atoms with Gasteiger partial charge in [-0.3, -0.25) is 14.5 Å². The van der Waals surface area contributed by atoms with Crippen molar-refractivity contribution in [2.75, 3.05) is 47.0 Å². The van der Waals surface area contributed by atoms with Crippen LogP contribution in [-0.2, 0) is 53.7 Å². The van der Waals surface area contributed by atoms with Gasteiger partial charge in [0.2, 0.25) is 5.84 Å². The van der Waals surface area contributed by atoms with Crippen molar-refractivity contribution >= 4 is 98.7 Å². The van der Waals surface area contributed by atoms with Crippen LogP contribution in [0.15, 0.2) is 84.6 Å². The highest BCUT2D eigenvalue weighted by atomic mass is 35.5. The molecule has 0 saturated heterocycles. The highest BCUT2D eigenvalue weighted by molar-refractivity contribution is 7.94. The van der Waals surface area contributed by atoms with E-state index in [0.717, 1.165) is 24.3 Å². The average Bonchev–Trinajstić information content (AvgIpc) is 3.10. The number of azo groups is 1.